The summed E-state index contributed by atoms with van der Waals surface area (Å²) in [5.41, 5.74) is -0.0719. The van der Waals surface area contributed by atoms with Crippen molar-refractivity contribution in [1.29, 1.82) is 5.26 Å². The lowest BCUT2D eigenvalue weighted by Crippen LogP contribution is -2.06. The van der Waals surface area contributed by atoms with Crippen molar-refractivity contribution in [2.45, 2.75) is 18.3 Å². The Bertz CT molecular complexity index is 432. The first-order valence-electron chi connectivity index (χ1n) is 4.15. The SMILES string of the molecule is N#CC1(c2cc(Br)cc(Br)c2F)CC1. The Kier molecular flexibility index (Phi) is 2.40. The van der Waals surface area contributed by atoms with E-state index in [1.54, 1.807) is 12.1 Å². The molecule has 2 rings (SSSR count). The van der Waals surface area contributed by atoms with Gasteiger partial charge in [0, 0.05) is 10.0 Å². The van der Waals surface area contributed by atoms with Crippen molar-refractivity contribution in [2.24, 2.45) is 0 Å². The number of benzene rings is 1. The van der Waals surface area contributed by atoms with Crippen LogP contribution in [0.25, 0.3) is 0 Å². The Hall–Kier alpha value is -0.400. The standard InChI is InChI=1S/C10H6Br2FN/c11-6-3-7(9(13)8(12)4-6)10(5-14)1-2-10/h3-4H,1-2H2. The maximum Gasteiger partial charge on any atom is 0.142 e. The summed E-state index contributed by atoms with van der Waals surface area (Å²) in [6.07, 6.45) is 1.51. The molecule has 0 heterocycles. The van der Waals surface area contributed by atoms with Crippen LogP contribution in [0.3, 0.4) is 0 Å². The predicted molar refractivity (Wildman–Crippen MR) is 58.3 cm³/mol. The van der Waals surface area contributed by atoms with Gasteiger partial charge in [0.2, 0.25) is 0 Å². The fourth-order valence-electron chi connectivity index (χ4n) is 1.47. The Labute approximate surface area is 98.2 Å². The van der Waals surface area contributed by atoms with Gasteiger partial charge in [-0.25, -0.2) is 4.39 Å². The van der Waals surface area contributed by atoms with Crippen LogP contribution in [0.5, 0.6) is 0 Å². The van der Waals surface area contributed by atoms with E-state index in [1.807, 2.05) is 0 Å². The van der Waals surface area contributed by atoms with E-state index in [1.165, 1.54) is 0 Å². The summed E-state index contributed by atoms with van der Waals surface area (Å²) in [7, 11) is 0. The maximum absolute atomic E-state index is 13.7. The van der Waals surface area contributed by atoms with E-state index in [0.29, 0.717) is 10.0 Å². The van der Waals surface area contributed by atoms with E-state index in [2.05, 4.69) is 37.9 Å². The van der Waals surface area contributed by atoms with Gasteiger partial charge in [-0.3, -0.25) is 0 Å². The molecule has 0 spiro atoms. The first-order valence-corrected chi connectivity index (χ1v) is 5.74. The van der Waals surface area contributed by atoms with E-state index < -0.39 is 5.41 Å². The first kappa shape index (κ1) is 10.1. The van der Waals surface area contributed by atoms with Crippen molar-refractivity contribution in [3.8, 4) is 6.07 Å². The lowest BCUT2D eigenvalue weighted by Gasteiger charge is -2.09. The molecule has 0 radical (unpaired) electrons. The van der Waals surface area contributed by atoms with Crippen molar-refractivity contribution in [1.82, 2.24) is 0 Å². The summed E-state index contributed by atoms with van der Waals surface area (Å²) in [6, 6.07) is 5.52. The number of rotatable bonds is 1. The van der Waals surface area contributed by atoms with Crippen molar-refractivity contribution >= 4 is 31.9 Å². The highest BCUT2D eigenvalue weighted by Gasteiger charge is 2.47. The number of hydrogen-bond donors (Lipinski definition) is 0. The summed E-state index contributed by atoms with van der Waals surface area (Å²) < 4.78 is 14.9. The highest BCUT2D eigenvalue weighted by molar-refractivity contribution is 9.11. The van der Waals surface area contributed by atoms with Crippen LogP contribution in [-0.4, -0.2) is 0 Å². The number of hydrogen-bond acceptors (Lipinski definition) is 1. The van der Waals surface area contributed by atoms with E-state index in [0.717, 1.165) is 17.3 Å². The number of nitriles is 1. The lowest BCUT2D eigenvalue weighted by molar-refractivity contribution is 0.592. The van der Waals surface area contributed by atoms with E-state index in [9.17, 15) is 4.39 Å². The highest BCUT2D eigenvalue weighted by Crippen LogP contribution is 2.49. The molecule has 14 heavy (non-hydrogen) atoms. The van der Waals surface area contributed by atoms with Gasteiger partial charge in [-0.05, 0) is 40.9 Å². The van der Waals surface area contributed by atoms with Crippen LogP contribution >= 0.6 is 31.9 Å². The fraction of sp³-hybridized carbons (Fsp3) is 0.300. The fourth-order valence-corrected chi connectivity index (χ4v) is 2.70. The zero-order chi connectivity index (χ0) is 10.3. The first-order chi connectivity index (χ1) is 6.59. The molecule has 0 unspecified atom stereocenters. The average molecular weight is 319 g/mol. The molecule has 1 fully saturated rings. The van der Waals surface area contributed by atoms with Gasteiger partial charge in [-0.2, -0.15) is 5.26 Å². The highest BCUT2D eigenvalue weighted by atomic mass is 79.9. The number of halogens is 3. The van der Waals surface area contributed by atoms with Crippen molar-refractivity contribution in [2.75, 3.05) is 0 Å². The zero-order valence-electron chi connectivity index (χ0n) is 7.15. The van der Waals surface area contributed by atoms with Gasteiger partial charge in [0.1, 0.15) is 5.82 Å². The minimum absolute atomic E-state index is 0.313. The Morgan fingerprint density at radius 3 is 2.50 bits per heavy atom. The predicted octanol–water partition coefficient (Wildman–Crippen LogP) is 3.91. The van der Waals surface area contributed by atoms with Crippen molar-refractivity contribution < 1.29 is 4.39 Å². The van der Waals surface area contributed by atoms with Crippen LogP contribution in [0, 0.1) is 17.1 Å². The van der Waals surface area contributed by atoms with E-state index >= 15 is 0 Å². The summed E-state index contributed by atoms with van der Waals surface area (Å²) >= 11 is 6.42. The molecule has 72 valence electrons. The monoisotopic (exact) mass is 317 g/mol. The topological polar surface area (TPSA) is 23.8 Å². The Balaban J connectivity index is 2.59. The molecule has 1 aromatic carbocycles. The second-order valence-corrected chi connectivity index (χ2v) is 5.21. The van der Waals surface area contributed by atoms with Gasteiger partial charge in [0.15, 0.2) is 0 Å². The molecule has 0 saturated heterocycles. The zero-order valence-corrected chi connectivity index (χ0v) is 10.3. The Morgan fingerprint density at radius 1 is 1.36 bits per heavy atom. The molecule has 0 aromatic heterocycles. The molecule has 1 saturated carbocycles. The maximum atomic E-state index is 13.7. The van der Waals surface area contributed by atoms with Crippen LogP contribution < -0.4 is 0 Å². The molecule has 1 aliphatic rings. The summed E-state index contributed by atoms with van der Waals surface area (Å²) in [5, 5.41) is 8.97. The molecule has 0 aliphatic heterocycles. The molecule has 1 aliphatic carbocycles. The Morgan fingerprint density at radius 2 is 2.00 bits per heavy atom. The summed E-state index contributed by atoms with van der Waals surface area (Å²) in [6.45, 7) is 0. The molecule has 1 nitrogen and oxygen atoms in total. The van der Waals surface area contributed by atoms with Gasteiger partial charge in [0.05, 0.1) is 16.0 Å². The second-order valence-electron chi connectivity index (χ2n) is 3.44. The van der Waals surface area contributed by atoms with Crippen molar-refractivity contribution in [3.05, 3.63) is 32.5 Å². The van der Waals surface area contributed by atoms with Gasteiger partial charge in [-0.1, -0.05) is 15.9 Å². The van der Waals surface area contributed by atoms with Crippen molar-refractivity contribution in [3.63, 3.8) is 0 Å². The smallest absolute Gasteiger partial charge is 0.142 e. The average Bonchev–Trinajstić information content (AvgIpc) is 2.92. The van der Waals surface area contributed by atoms with Crippen LogP contribution in [0.15, 0.2) is 21.1 Å². The lowest BCUT2D eigenvalue weighted by atomic mass is 9.97. The van der Waals surface area contributed by atoms with E-state index in [-0.39, 0.29) is 5.82 Å². The third-order valence-corrected chi connectivity index (χ3v) is 3.51. The van der Waals surface area contributed by atoms with Crippen LogP contribution in [0.4, 0.5) is 4.39 Å². The summed E-state index contributed by atoms with van der Waals surface area (Å²) in [4.78, 5) is 0. The third-order valence-electron chi connectivity index (χ3n) is 2.47. The van der Waals surface area contributed by atoms with Crippen LogP contribution in [0.2, 0.25) is 0 Å². The molecule has 0 bridgehead atoms. The molecular weight excluding hydrogens is 313 g/mol. The molecule has 4 heteroatoms. The quantitative estimate of drug-likeness (QED) is 0.720. The third kappa shape index (κ3) is 1.49. The largest absolute Gasteiger partial charge is 0.205 e. The molecule has 0 N–H and O–H groups in total. The van der Waals surface area contributed by atoms with Gasteiger partial charge in [-0.15, -0.1) is 0 Å². The molecule has 0 atom stereocenters. The van der Waals surface area contributed by atoms with Gasteiger partial charge < -0.3 is 0 Å². The van der Waals surface area contributed by atoms with Crippen LogP contribution in [0.1, 0.15) is 18.4 Å². The van der Waals surface area contributed by atoms with Gasteiger partial charge in [0.25, 0.3) is 0 Å². The summed E-state index contributed by atoms with van der Waals surface area (Å²) in [5.74, 6) is -0.313. The molecule has 1 aromatic rings. The second kappa shape index (κ2) is 3.32. The molecule has 0 amide bonds. The van der Waals surface area contributed by atoms with Crippen LogP contribution in [-0.2, 0) is 5.41 Å². The minimum Gasteiger partial charge on any atom is -0.205 e. The minimum atomic E-state index is -0.573. The van der Waals surface area contributed by atoms with Gasteiger partial charge >= 0.3 is 0 Å². The normalized spacial score (nSPS) is 17.6. The van der Waals surface area contributed by atoms with E-state index in [4.69, 9.17) is 5.26 Å². The molecular formula is C10H6Br2FN. The number of nitrogens with zero attached hydrogens (tertiary/aromatic N) is 1.